The largest absolute Gasteiger partial charge is 0.342 e. The van der Waals surface area contributed by atoms with Crippen LogP contribution in [0.1, 0.15) is 31.2 Å². The number of likely N-dealkylation sites (tertiary alicyclic amines) is 1. The molecule has 1 aliphatic heterocycles. The molecule has 1 heterocycles. The Labute approximate surface area is 138 Å². The molecule has 2 unspecified atom stereocenters. The minimum absolute atomic E-state index is 0. The molecule has 5 heteroatoms. The molecule has 2 rings (SSSR count). The van der Waals surface area contributed by atoms with E-state index in [4.69, 9.17) is 11.6 Å². The van der Waals surface area contributed by atoms with E-state index in [9.17, 15) is 4.79 Å². The van der Waals surface area contributed by atoms with Crippen LogP contribution in [0.25, 0.3) is 0 Å². The van der Waals surface area contributed by atoms with Crippen molar-refractivity contribution in [3.05, 3.63) is 34.9 Å². The number of carbonyl (C=O) groups excluding carboxylic acids is 1. The zero-order chi connectivity index (χ0) is 14.5. The van der Waals surface area contributed by atoms with E-state index in [1.807, 2.05) is 43.1 Å². The number of rotatable bonds is 4. The van der Waals surface area contributed by atoms with E-state index < -0.39 is 0 Å². The SMILES string of the molecule is CNCC1CCCN(C(=O)C(C)c2cccc(Cl)c2)C1.Cl. The third-order valence-corrected chi connectivity index (χ3v) is 4.28. The van der Waals surface area contributed by atoms with Gasteiger partial charge in [0.15, 0.2) is 0 Å². The standard InChI is InChI=1S/C16H23ClN2O.ClH/c1-12(14-6-3-7-15(17)9-14)16(20)19-8-4-5-13(11-19)10-18-2;/h3,6-7,9,12-13,18H,4-5,8,10-11H2,1-2H3;1H. The maximum Gasteiger partial charge on any atom is 0.229 e. The van der Waals surface area contributed by atoms with Crippen LogP contribution in [-0.4, -0.2) is 37.5 Å². The summed E-state index contributed by atoms with van der Waals surface area (Å²) in [7, 11) is 1.97. The molecule has 1 saturated heterocycles. The molecule has 21 heavy (non-hydrogen) atoms. The Morgan fingerprint density at radius 1 is 1.52 bits per heavy atom. The van der Waals surface area contributed by atoms with Crippen LogP contribution in [0.4, 0.5) is 0 Å². The van der Waals surface area contributed by atoms with Gasteiger partial charge >= 0.3 is 0 Å². The van der Waals surface area contributed by atoms with Gasteiger partial charge in [-0.3, -0.25) is 4.79 Å². The highest BCUT2D eigenvalue weighted by molar-refractivity contribution is 6.30. The van der Waals surface area contributed by atoms with Crippen molar-refractivity contribution in [3.63, 3.8) is 0 Å². The number of nitrogens with zero attached hydrogens (tertiary/aromatic N) is 1. The smallest absolute Gasteiger partial charge is 0.229 e. The van der Waals surface area contributed by atoms with Crippen LogP contribution in [0.5, 0.6) is 0 Å². The summed E-state index contributed by atoms with van der Waals surface area (Å²) in [6.07, 6.45) is 2.30. The molecule has 1 aromatic rings. The van der Waals surface area contributed by atoms with Gasteiger partial charge in [0.25, 0.3) is 0 Å². The second-order valence-corrected chi connectivity index (χ2v) is 6.06. The number of carbonyl (C=O) groups is 1. The molecule has 0 saturated carbocycles. The lowest BCUT2D eigenvalue weighted by Crippen LogP contribution is -2.44. The molecular formula is C16H24Cl2N2O. The molecule has 1 aromatic carbocycles. The maximum absolute atomic E-state index is 12.6. The summed E-state index contributed by atoms with van der Waals surface area (Å²) in [6.45, 7) is 4.69. The third-order valence-electron chi connectivity index (χ3n) is 4.04. The van der Waals surface area contributed by atoms with Gasteiger partial charge in [-0.15, -0.1) is 12.4 Å². The molecule has 2 atom stereocenters. The lowest BCUT2D eigenvalue weighted by Gasteiger charge is -2.34. The van der Waals surface area contributed by atoms with E-state index >= 15 is 0 Å². The highest BCUT2D eigenvalue weighted by Gasteiger charge is 2.27. The summed E-state index contributed by atoms with van der Waals surface area (Å²) in [5.41, 5.74) is 0.998. The molecule has 0 bridgehead atoms. The van der Waals surface area contributed by atoms with Crippen LogP contribution in [-0.2, 0) is 4.79 Å². The van der Waals surface area contributed by atoms with E-state index in [1.54, 1.807) is 0 Å². The minimum atomic E-state index is -0.123. The second-order valence-electron chi connectivity index (χ2n) is 5.63. The van der Waals surface area contributed by atoms with Gasteiger partial charge < -0.3 is 10.2 Å². The van der Waals surface area contributed by atoms with Gasteiger partial charge in [-0.25, -0.2) is 0 Å². The number of benzene rings is 1. The Hall–Kier alpha value is -0.770. The maximum atomic E-state index is 12.6. The van der Waals surface area contributed by atoms with Gasteiger partial charge in [0.05, 0.1) is 5.92 Å². The minimum Gasteiger partial charge on any atom is -0.342 e. The molecule has 3 nitrogen and oxygen atoms in total. The van der Waals surface area contributed by atoms with Crippen molar-refractivity contribution in [1.29, 1.82) is 0 Å². The van der Waals surface area contributed by atoms with Crippen LogP contribution in [0.15, 0.2) is 24.3 Å². The average Bonchev–Trinajstić information content (AvgIpc) is 2.46. The first-order valence-electron chi connectivity index (χ1n) is 7.30. The van der Waals surface area contributed by atoms with E-state index in [0.29, 0.717) is 10.9 Å². The van der Waals surface area contributed by atoms with Crippen LogP contribution in [0, 0.1) is 5.92 Å². The summed E-state index contributed by atoms with van der Waals surface area (Å²) in [6, 6.07) is 7.61. The molecular weight excluding hydrogens is 307 g/mol. The van der Waals surface area contributed by atoms with Crippen molar-refractivity contribution in [2.75, 3.05) is 26.7 Å². The predicted molar refractivity (Wildman–Crippen MR) is 90.3 cm³/mol. The Morgan fingerprint density at radius 3 is 2.95 bits per heavy atom. The molecule has 0 spiro atoms. The van der Waals surface area contributed by atoms with Gasteiger partial charge in [-0.1, -0.05) is 23.7 Å². The quantitative estimate of drug-likeness (QED) is 0.918. The fourth-order valence-corrected chi connectivity index (χ4v) is 3.11. The Balaban J connectivity index is 0.00000220. The summed E-state index contributed by atoms with van der Waals surface area (Å²) in [4.78, 5) is 14.6. The van der Waals surface area contributed by atoms with E-state index in [-0.39, 0.29) is 24.2 Å². The zero-order valence-corrected chi connectivity index (χ0v) is 14.2. The van der Waals surface area contributed by atoms with Gasteiger partial charge in [-0.05, 0) is 57.0 Å². The topological polar surface area (TPSA) is 32.3 Å². The number of halogens is 2. The lowest BCUT2D eigenvalue weighted by molar-refractivity contribution is -0.134. The molecule has 1 amide bonds. The summed E-state index contributed by atoms with van der Waals surface area (Å²) in [5.74, 6) is 0.666. The number of hydrogen-bond donors (Lipinski definition) is 1. The van der Waals surface area contributed by atoms with Gasteiger partial charge in [0.1, 0.15) is 0 Å². The first-order chi connectivity index (χ1) is 9.61. The summed E-state index contributed by atoms with van der Waals surface area (Å²) >= 11 is 6.01. The van der Waals surface area contributed by atoms with Crippen molar-refractivity contribution in [1.82, 2.24) is 10.2 Å². The molecule has 0 radical (unpaired) electrons. The molecule has 0 aliphatic carbocycles. The zero-order valence-electron chi connectivity index (χ0n) is 12.6. The number of nitrogens with one attached hydrogen (secondary N) is 1. The Bertz CT molecular complexity index is 465. The first-order valence-corrected chi connectivity index (χ1v) is 7.68. The van der Waals surface area contributed by atoms with E-state index in [0.717, 1.165) is 31.6 Å². The Morgan fingerprint density at radius 2 is 2.29 bits per heavy atom. The number of piperidine rings is 1. The van der Waals surface area contributed by atoms with Crippen molar-refractivity contribution in [2.24, 2.45) is 5.92 Å². The summed E-state index contributed by atoms with van der Waals surface area (Å²) < 4.78 is 0. The van der Waals surface area contributed by atoms with E-state index in [2.05, 4.69) is 5.32 Å². The molecule has 0 aromatic heterocycles. The van der Waals surface area contributed by atoms with Crippen molar-refractivity contribution < 1.29 is 4.79 Å². The van der Waals surface area contributed by atoms with Crippen LogP contribution in [0.3, 0.4) is 0 Å². The van der Waals surface area contributed by atoms with Gasteiger partial charge in [-0.2, -0.15) is 0 Å². The number of hydrogen-bond acceptors (Lipinski definition) is 2. The van der Waals surface area contributed by atoms with Crippen LogP contribution >= 0.6 is 24.0 Å². The molecule has 1 aliphatic rings. The highest BCUT2D eigenvalue weighted by Crippen LogP contribution is 2.24. The van der Waals surface area contributed by atoms with Crippen LogP contribution < -0.4 is 5.32 Å². The average molecular weight is 331 g/mol. The molecule has 1 N–H and O–H groups in total. The van der Waals surface area contributed by atoms with E-state index in [1.165, 1.54) is 6.42 Å². The van der Waals surface area contributed by atoms with Crippen molar-refractivity contribution in [3.8, 4) is 0 Å². The summed E-state index contributed by atoms with van der Waals surface area (Å²) in [5, 5.41) is 3.90. The van der Waals surface area contributed by atoms with Gasteiger partial charge in [0, 0.05) is 18.1 Å². The predicted octanol–water partition coefficient (Wildman–Crippen LogP) is 3.32. The van der Waals surface area contributed by atoms with Crippen molar-refractivity contribution in [2.45, 2.75) is 25.7 Å². The lowest BCUT2D eigenvalue weighted by atomic mass is 9.94. The highest BCUT2D eigenvalue weighted by atomic mass is 35.5. The molecule has 118 valence electrons. The fraction of sp³-hybridized carbons (Fsp3) is 0.562. The Kier molecular flexibility index (Phi) is 7.50. The number of amides is 1. The monoisotopic (exact) mass is 330 g/mol. The fourth-order valence-electron chi connectivity index (χ4n) is 2.91. The second kappa shape index (κ2) is 8.62. The third kappa shape index (κ3) is 4.87. The van der Waals surface area contributed by atoms with Gasteiger partial charge in [0.2, 0.25) is 5.91 Å². The van der Waals surface area contributed by atoms with Crippen molar-refractivity contribution >= 4 is 29.9 Å². The first kappa shape index (κ1) is 18.3. The normalized spacial score (nSPS) is 19.8. The van der Waals surface area contributed by atoms with Crippen LogP contribution in [0.2, 0.25) is 5.02 Å². The molecule has 1 fully saturated rings.